The number of carboxylic acids is 2. The summed E-state index contributed by atoms with van der Waals surface area (Å²) in [5, 5.41) is 23.9. The van der Waals surface area contributed by atoms with E-state index in [1.807, 2.05) is 6.92 Å². The lowest BCUT2D eigenvalue weighted by molar-refractivity contribution is -0.324. The van der Waals surface area contributed by atoms with Gasteiger partial charge in [-0.1, -0.05) is 68.5 Å². The van der Waals surface area contributed by atoms with Crippen LogP contribution in [-0.2, 0) is 9.59 Å². The number of carbonyl (C=O) groups is 3. The van der Waals surface area contributed by atoms with Gasteiger partial charge in [0.25, 0.3) is 0 Å². The molecule has 0 radical (unpaired) electrons. The normalized spacial score (nSPS) is 18.0. The lowest BCUT2D eigenvalue weighted by Crippen LogP contribution is -2.53. The maximum atomic E-state index is 12.9. The van der Waals surface area contributed by atoms with Gasteiger partial charge in [-0.05, 0) is 31.3 Å². The average molecular weight is 370 g/mol. The summed E-state index contributed by atoms with van der Waals surface area (Å²) in [6.45, 7) is 5.38. The van der Waals surface area contributed by atoms with Crippen molar-refractivity contribution in [3.8, 4) is 0 Å². The lowest BCUT2D eigenvalue weighted by Gasteiger charge is -2.44. The van der Waals surface area contributed by atoms with E-state index in [9.17, 15) is 24.6 Å². The van der Waals surface area contributed by atoms with E-state index in [0.29, 0.717) is 18.4 Å². The molecule has 1 aliphatic rings. The van der Waals surface area contributed by atoms with Crippen molar-refractivity contribution in [1.29, 1.82) is 0 Å². The monoisotopic (exact) mass is 370 g/mol. The third-order valence-electron chi connectivity index (χ3n) is 5.76. The third-order valence-corrected chi connectivity index (χ3v) is 5.76. The summed E-state index contributed by atoms with van der Waals surface area (Å²) in [6, 6.07) is 6.77. The van der Waals surface area contributed by atoms with E-state index < -0.39 is 41.0 Å². The van der Waals surface area contributed by atoms with Crippen molar-refractivity contribution in [2.24, 2.45) is 11.3 Å². The van der Waals surface area contributed by atoms with Gasteiger partial charge in [-0.15, -0.1) is 0 Å². The molecule has 0 amide bonds. The van der Waals surface area contributed by atoms with Crippen molar-refractivity contribution in [3.05, 3.63) is 47.5 Å². The van der Waals surface area contributed by atoms with Crippen molar-refractivity contribution in [2.45, 2.75) is 58.3 Å². The zero-order chi connectivity index (χ0) is 20.0. The second-order valence-corrected chi connectivity index (χ2v) is 7.53. The number of carboxylic acid groups (broad SMARTS) is 2. The maximum absolute atomic E-state index is 12.9. The van der Waals surface area contributed by atoms with Gasteiger partial charge in [0.15, 0.2) is 5.78 Å². The van der Waals surface area contributed by atoms with E-state index >= 15 is 0 Å². The maximum Gasteiger partial charge on any atom is 0.164 e. The molecule has 5 heteroatoms. The van der Waals surface area contributed by atoms with Crippen LogP contribution in [0.15, 0.2) is 36.4 Å². The summed E-state index contributed by atoms with van der Waals surface area (Å²) in [6.07, 6.45) is 5.16. The van der Waals surface area contributed by atoms with Crippen LogP contribution in [0.1, 0.15) is 67.3 Å². The topological polar surface area (TPSA) is 97.3 Å². The second kappa shape index (κ2) is 8.98. The highest BCUT2D eigenvalue weighted by atomic mass is 16.4. The molecule has 0 N–H and O–H groups in total. The van der Waals surface area contributed by atoms with E-state index in [-0.39, 0.29) is 0 Å². The molecule has 0 saturated heterocycles. The number of hydrogen-bond donors (Lipinski definition) is 0. The van der Waals surface area contributed by atoms with Gasteiger partial charge in [0.1, 0.15) is 0 Å². The predicted octanol–water partition coefficient (Wildman–Crippen LogP) is 1.97. The Morgan fingerprint density at radius 2 is 1.52 bits per heavy atom. The van der Waals surface area contributed by atoms with Crippen LogP contribution >= 0.6 is 0 Å². The second-order valence-electron chi connectivity index (χ2n) is 7.53. The van der Waals surface area contributed by atoms with E-state index in [0.717, 1.165) is 37.7 Å². The highest BCUT2D eigenvalue weighted by Crippen LogP contribution is 2.45. The van der Waals surface area contributed by atoms with E-state index in [4.69, 9.17) is 0 Å². The number of rotatable bonds is 7. The fourth-order valence-electron chi connectivity index (χ4n) is 4.09. The number of hydrogen-bond acceptors (Lipinski definition) is 5. The molecule has 1 saturated carbocycles. The molecule has 5 nitrogen and oxygen atoms in total. The Labute approximate surface area is 160 Å². The van der Waals surface area contributed by atoms with Crippen molar-refractivity contribution >= 4 is 17.7 Å². The van der Waals surface area contributed by atoms with Crippen LogP contribution in [0, 0.1) is 18.3 Å². The Morgan fingerprint density at radius 3 is 2.00 bits per heavy atom. The predicted molar refractivity (Wildman–Crippen MR) is 97.5 cm³/mol. The molecule has 1 aromatic carbocycles. The van der Waals surface area contributed by atoms with Gasteiger partial charge in [-0.25, -0.2) is 0 Å². The molecular weight excluding hydrogens is 344 g/mol. The summed E-state index contributed by atoms with van der Waals surface area (Å²) in [7, 11) is 0. The highest BCUT2D eigenvalue weighted by molar-refractivity contribution is 6.03. The van der Waals surface area contributed by atoms with Crippen molar-refractivity contribution < 1.29 is 24.6 Å². The summed E-state index contributed by atoms with van der Waals surface area (Å²) in [5.41, 5.74) is -1.19. The molecule has 1 fully saturated rings. The summed E-state index contributed by atoms with van der Waals surface area (Å²) in [4.78, 5) is 36.7. The molecule has 0 aromatic heterocycles. The quantitative estimate of drug-likeness (QED) is 0.540. The Kier molecular flexibility index (Phi) is 6.94. The van der Waals surface area contributed by atoms with Crippen LogP contribution in [0.25, 0.3) is 0 Å². The molecular formula is C22H26O5-2. The molecule has 0 heterocycles. The van der Waals surface area contributed by atoms with E-state index in [1.165, 1.54) is 0 Å². The first kappa shape index (κ1) is 20.9. The summed E-state index contributed by atoms with van der Waals surface area (Å²) >= 11 is 0. The molecule has 1 atom stereocenters. The number of aryl methyl sites for hydroxylation is 1. The minimum atomic E-state index is -1.95. The van der Waals surface area contributed by atoms with Crippen LogP contribution < -0.4 is 10.2 Å². The Bertz CT molecular complexity index is 711. The fourth-order valence-corrected chi connectivity index (χ4v) is 4.09. The first-order chi connectivity index (χ1) is 12.8. The zero-order valence-electron chi connectivity index (χ0n) is 15.8. The zero-order valence-corrected chi connectivity index (χ0v) is 15.8. The number of carbonyl (C=O) groups excluding carboxylic acids is 3. The van der Waals surface area contributed by atoms with Gasteiger partial charge in [-0.3, -0.25) is 4.79 Å². The smallest absolute Gasteiger partial charge is 0.164 e. The Hall–Kier alpha value is -2.43. The van der Waals surface area contributed by atoms with Crippen LogP contribution in [0.4, 0.5) is 0 Å². The number of Topliss-reactive ketones (excluding diaryl/α,β-unsaturated/α-hetero) is 1. The van der Waals surface area contributed by atoms with Gasteiger partial charge in [-0.2, -0.15) is 0 Å². The molecule has 0 spiro atoms. The molecule has 1 aliphatic carbocycles. The molecule has 1 aromatic rings. The third kappa shape index (κ3) is 4.65. The minimum absolute atomic E-state index is 0.350. The summed E-state index contributed by atoms with van der Waals surface area (Å²) in [5.74, 6) is -4.13. The van der Waals surface area contributed by atoms with E-state index in [1.54, 1.807) is 24.3 Å². The van der Waals surface area contributed by atoms with Crippen LogP contribution in [0.2, 0.25) is 0 Å². The number of benzene rings is 1. The first-order valence-corrected chi connectivity index (χ1v) is 9.51. The largest absolute Gasteiger partial charge is 0.549 e. The van der Waals surface area contributed by atoms with Crippen LogP contribution in [-0.4, -0.2) is 17.7 Å². The van der Waals surface area contributed by atoms with Crippen LogP contribution in [0.3, 0.4) is 0 Å². The number of aliphatic carboxylic acids is 2. The Balaban J connectivity index is 2.44. The number of ketones is 1. The van der Waals surface area contributed by atoms with Gasteiger partial charge >= 0.3 is 0 Å². The van der Waals surface area contributed by atoms with Crippen molar-refractivity contribution in [3.63, 3.8) is 0 Å². The minimum Gasteiger partial charge on any atom is -0.549 e. The molecule has 2 rings (SSSR count). The Morgan fingerprint density at radius 1 is 1.00 bits per heavy atom. The summed E-state index contributed by atoms with van der Waals surface area (Å²) < 4.78 is 0. The molecule has 146 valence electrons. The van der Waals surface area contributed by atoms with Crippen molar-refractivity contribution in [1.82, 2.24) is 0 Å². The first-order valence-electron chi connectivity index (χ1n) is 9.51. The lowest BCUT2D eigenvalue weighted by atomic mass is 9.63. The highest BCUT2D eigenvalue weighted by Gasteiger charge is 2.44. The van der Waals surface area contributed by atoms with Gasteiger partial charge in [0.05, 0.1) is 11.9 Å². The fraction of sp³-hybridized carbons (Fsp3) is 0.500. The molecule has 0 bridgehead atoms. The molecule has 0 aliphatic heterocycles. The van der Waals surface area contributed by atoms with Gasteiger partial charge < -0.3 is 19.8 Å². The van der Waals surface area contributed by atoms with Crippen LogP contribution in [0.5, 0.6) is 0 Å². The van der Waals surface area contributed by atoms with Crippen molar-refractivity contribution in [2.75, 3.05) is 0 Å². The van der Waals surface area contributed by atoms with Gasteiger partial charge in [0, 0.05) is 17.4 Å². The molecule has 27 heavy (non-hydrogen) atoms. The van der Waals surface area contributed by atoms with E-state index in [2.05, 4.69) is 6.58 Å². The molecule has 1 unspecified atom stereocenters. The SMILES string of the molecule is C=C(C(=O)[O-])C(CC(=O)c1ccc(C)cc1)(C(=O)[O-])C1CCCCCCC1. The standard InChI is InChI=1S/C22H28O5/c1-15-10-12-17(13-11-15)19(23)14-22(21(26)27,16(2)20(24)25)18-8-6-4-3-5-7-9-18/h10-13,18H,2-9,14H2,1H3,(H,24,25)(H,26,27)/p-2. The van der Waals surface area contributed by atoms with Gasteiger partial charge in [0.2, 0.25) is 0 Å². The average Bonchev–Trinajstić information content (AvgIpc) is 2.59.